The molecule has 0 aromatic heterocycles. The van der Waals surface area contributed by atoms with Gasteiger partial charge in [0, 0.05) is 0 Å². The van der Waals surface area contributed by atoms with Crippen LogP contribution in [-0.2, 0) is 4.74 Å². The Morgan fingerprint density at radius 3 is 1.76 bits per heavy atom. The van der Waals surface area contributed by atoms with Gasteiger partial charge in [-0.1, -0.05) is 0 Å². The van der Waals surface area contributed by atoms with E-state index in [0.29, 0.717) is 5.75 Å². The lowest BCUT2D eigenvalue weighted by Crippen LogP contribution is -2.12. The lowest BCUT2D eigenvalue weighted by atomic mass is 10.0. The Morgan fingerprint density at radius 1 is 0.941 bits per heavy atom. The number of hydrogen-bond acceptors (Lipinski definition) is 5. The summed E-state index contributed by atoms with van der Waals surface area (Å²) in [6, 6.07) is 3.12. The maximum Gasteiger partial charge on any atom is 0.342 e. The predicted molar refractivity (Wildman–Crippen MR) is 60.9 cm³/mol. The summed E-state index contributed by atoms with van der Waals surface area (Å²) in [6.45, 7) is 1.35. The third-order valence-electron chi connectivity index (χ3n) is 2.31. The highest BCUT2D eigenvalue weighted by Crippen LogP contribution is 2.31. The Morgan fingerprint density at radius 2 is 1.41 bits per heavy atom. The number of hydrogen-bond donors (Lipinski definition) is 0. The van der Waals surface area contributed by atoms with E-state index in [1.54, 1.807) is 12.1 Å². The summed E-state index contributed by atoms with van der Waals surface area (Å²) >= 11 is 0. The molecule has 0 atom stereocenters. The van der Waals surface area contributed by atoms with Crippen LogP contribution in [0.25, 0.3) is 0 Å². The molecule has 0 unspecified atom stereocenters. The van der Waals surface area contributed by atoms with Crippen LogP contribution in [0.15, 0.2) is 12.1 Å². The van der Waals surface area contributed by atoms with E-state index < -0.39 is 5.97 Å². The third kappa shape index (κ3) is 2.38. The topological polar surface area (TPSA) is 61.8 Å². The molecule has 1 rings (SSSR count). The maximum absolute atomic E-state index is 11.7. The van der Waals surface area contributed by atoms with Crippen LogP contribution in [-0.4, -0.2) is 33.1 Å². The van der Waals surface area contributed by atoms with Crippen molar-refractivity contribution in [3.8, 4) is 11.5 Å². The summed E-state index contributed by atoms with van der Waals surface area (Å²) < 4.78 is 14.7. The molecule has 1 aromatic carbocycles. The minimum absolute atomic E-state index is 0.0850. The minimum Gasteiger partial charge on any atom is -0.496 e. The van der Waals surface area contributed by atoms with Gasteiger partial charge in [0.15, 0.2) is 5.78 Å². The Bertz CT molecular complexity index is 450. The number of esters is 1. The van der Waals surface area contributed by atoms with Gasteiger partial charge in [0.05, 0.1) is 26.9 Å². The fraction of sp³-hybridized carbons (Fsp3) is 0.333. The van der Waals surface area contributed by atoms with Crippen LogP contribution in [0.4, 0.5) is 0 Å². The monoisotopic (exact) mass is 238 g/mol. The van der Waals surface area contributed by atoms with Gasteiger partial charge < -0.3 is 14.2 Å². The second kappa shape index (κ2) is 5.34. The van der Waals surface area contributed by atoms with Crippen molar-refractivity contribution in [3.05, 3.63) is 23.3 Å². The minimum atomic E-state index is -0.633. The molecule has 0 aliphatic heterocycles. The van der Waals surface area contributed by atoms with Gasteiger partial charge >= 0.3 is 5.97 Å². The van der Waals surface area contributed by atoms with Gasteiger partial charge in [0.1, 0.15) is 17.1 Å². The van der Waals surface area contributed by atoms with Crippen LogP contribution in [0.5, 0.6) is 11.5 Å². The Hall–Kier alpha value is -2.04. The van der Waals surface area contributed by atoms with Crippen LogP contribution in [0.1, 0.15) is 27.6 Å². The van der Waals surface area contributed by atoms with Crippen molar-refractivity contribution >= 4 is 11.8 Å². The Labute approximate surface area is 99.3 Å². The average molecular weight is 238 g/mol. The molecule has 1 aromatic rings. The van der Waals surface area contributed by atoms with Crippen LogP contribution < -0.4 is 9.47 Å². The number of carbonyl (C=O) groups excluding carboxylic acids is 2. The van der Waals surface area contributed by atoms with Crippen molar-refractivity contribution in [2.45, 2.75) is 6.92 Å². The average Bonchev–Trinajstić information content (AvgIpc) is 2.35. The first-order valence-corrected chi connectivity index (χ1v) is 4.91. The highest BCUT2D eigenvalue weighted by atomic mass is 16.5. The largest absolute Gasteiger partial charge is 0.496 e. The van der Waals surface area contributed by atoms with E-state index in [2.05, 4.69) is 4.74 Å². The van der Waals surface area contributed by atoms with E-state index in [1.807, 2.05) is 0 Å². The normalized spacial score (nSPS) is 9.65. The van der Waals surface area contributed by atoms with E-state index in [1.165, 1.54) is 28.3 Å². The number of carbonyl (C=O) groups is 2. The van der Waals surface area contributed by atoms with Gasteiger partial charge in [0.25, 0.3) is 0 Å². The van der Waals surface area contributed by atoms with E-state index in [0.717, 1.165) is 0 Å². The molecule has 0 fully saturated rings. The number of rotatable bonds is 4. The SMILES string of the molecule is COC(=O)c1c(OC)ccc(OC)c1C(C)=O. The lowest BCUT2D eigenvalue weighted by molar-refractivity contribution is 0.0592. The van der Waals surface area contributed by atoms with E-state index in [4.69, 9.17) is 9.47 Å². The van der Waals surface area contributed by atoms with Gasteiger partial charge in [-0.05, 0) is 19.1 Å². The van der Waals surface area contributed by atoms with E-state index >= 15 is 0 Å². The van der Waals surface area contributed by atoms with E-state index in [9.17, 15) is 9.59 Å². The fourth-order valence-corrected chi connectivity index (χ4v) is 1.56. The Balaban J connectivity index is 3.58. The number of Topliss-reactive ketones (excluding diaryl/α,β-unsaturated/α-hetero) is 1. The van der Waals surface area contributed by atoms with Crippen LogP contribution in [0.3, 0.4) is 0 Å². The summed E-state index contributed by atoms with van der Waals surface area (Å²) in [6.07, 6.45) is 0. The Kier molecular flexibility index (Phi) is 4.09. The first-order chi connectivity index (χ1) is 8.06. The lowest BCUT2D eigenvalue weighted by Gasteiger charge is -2.13. The standard InChI is InChI=1S/C12H14O5/c1-7(13)10-8(15-2)5-6-9(16-3)11(10)12(14)17-4/h5-6H,1-4H3. The van der Waals surface area contributed by atoms with Gasteiger partial charge in [0.2, 0.25) is 0 Å². The highest BCUT2D eigenvalue weighted by molar-refractivity contribution is 6.09. The molecule has 0 aliphatic carbocycles. The summed E-state index contributed by atoms with van der Waals surface area (Å²) in [4.78, 5) is 23.3. The second-order valence-electron chi connectivity index (χ2n) is 3.27. The maximum atomic E-state index is 11.7. The molecule has 17 heavy (non-hydrogen) atoms. The molecule has 0 heterocycles. The highest BCUT2D eigenvalue weighted by Gasteiger charge is 2.24. The van der Waals surface area contributed by atoms with Crippen molar-refractivity contribution in [3.63, 3.8) is 0 Å². The predicted octanol–water partition coefficient (Wildman–Crippen LogP) is 1.69. The zero-order valence-corrected chi connectivity index (χ0v) is 10.2. The number of ether oxygens (including phenoxy) is 3. The summed E-state index contributed by atoms with van der Waals surface area (Å²) in [5.41, 5.74) is 0.251. The molecular formula is C12H14O5. The molecule has 0 N–H and O–H groups in total. The molecule has 0 amide bonds. The molecule has 0 radical (unpaired) electrons. The van der Waals surface area contributed by atoms with Gasteiger partial charge in [-0.2, -0.15) is 0 Å². The second-order valence-corrected chi connectivity index (χ2v) is 3.27. The van der Waals surface area contributed by atoms with Crippen molar-refractivity contribution in [1.29, 1.82) is 0 Å². The van der Waals surface area contributed by atoms with Crippen LogP contribution in [0, 0.1) is 0 Å². The van der Waals surface area contributed by atoms with Crippen LogP contribution in [0.2, 0.25) is 0 Å². The van der Waals surface area contributed by atoms with E-state index in [-0.39, 0.29) is 22.7 Å². The summed E-state index contributed by atoms with van der Waals surface area (Å²) in [5.74, 6) is -0.325. The third-order valence-corrected chi connectivity index (χ3v) is 2.31. The number of benzene rings is 1. The molecule has 5 nitrogen and oxygen atoms in total. The number of ketones is 1. The first-order valence-electron chi connectivity index (χ1n) is 4.91. The van der Waals surface area contributed by atoms with Crippen molar-refractivity contribution in [2.24, 2.45) is 0 Å². The van der Waals surface area contributed by atoms with Crippen LogP contribution >= 0.6 is 0 Å². The molecular weight excluding hydrogens is 224 g/mol. The fourth-order valence-electron chi connectivity index (χ4n) is 1.56. The number of methoxy groups -OCH3 is 3. The molecule has 0 aliphatic rings. The molecule has 5 heteroatoms. The molecule has 0 bridgehead atoms. The van der Waals surface area contributed by atoms with Gasteiger partial charge in [-0.3, -0.25) is 4.79 Å². The zero-order valence-electron chi connectivity index (χ0n) is 10.2. The quantitative estimate of drug-likeness (QED) is 0.590. The van der Waals surface area contributed by atoms with Gasteiger partial charge in [-0.15, -0.1) is 0 Å². The van der Waals surface area contributed by atoms with Crippen molar-refractivity contribution in [1.82, 2.24) is 0 Å². The van der Waals surface area contributed by atoms with Crippen molar-refractivity contribution < 1.29 is 23.8 Å². The summed E-state index contributed by atoms with van der Waals surface area (Å²) in [7, 11) is 4.08. The smallest absolute Gasteiger partial charge is 0.342 e. The molecule has 0 spiro atoms. The molecule has 92 valence electrons. The zero-order chi connectivity index (χ0) is 13.0. The summed E-state index contributed by atoms with van der Waals surface area (Å²) in [5, 5.41) is 0. The van der Waals surface area contributed by atoms with Crippen molar-refractivity contribution in [2.75, 3.05) is 21.3 Å². The molecule has 0 saturated heterocycles. The van der Waals surface area contributed by atoms with Gasteiger partial charge in [-0.25, -0.2) is 4.79 Å². The first kappa shape index (κ1) is 13.0. The molecule has 0 saturated carbocycles.